The first-order chi connectivity index (χ1) is 4.66. The van der Waals surface area contributed by atoms with Gasteiger partial charge in [-0.15, -0.1) is 0 Å². The number of ether oxygens (including phenoxy) is 1. The molecule has 0 aliphatic heterocycles. The first-order valence-electron chi connectivity index (χ1n) is 2.89. The standard InChI is InChI=1S/C5H13N3O2/c1-10-3-4(9)2-8-5(6)7/h4,9H,2-3H2,1H3,(H4,6,7,8). The number of nitrogens with zero attached hydrogens (tertiary/aromatic N) is 1. The second-order valence-corrected chi connectivity index (χ2v) is 1.87. The molecule has 0 aliphatic carbocycles. The van der Waals surface area contributed by atoms with Gasteiger partial charge in [0.25, 0.3) is 0 Å². The van der Waals surface area contributed by atoms with Crippen LogP contribution < -0.4 is 11.5 Å². The van der Waals surface area contributed by atoms with Gasteiger partial charge in [-0.1, -0.05) is 0 Å². The van der Waals surface area contributed by atoms with E-state index in [4.69, 9.17) is 16.6 Å². The van der Waals surface area contributed by atoms with Gasteiger partial charge in [-0.25, -0.2) is 0 Å². The lowest BCUT2D eigenvalue weighted by Gasteiger charge is -2.04. The summed E-state index contributed by atoms with van der Waals surface area (Å²) in [6.07, 6.45) is -0.618. The summed E-state index contributed by atoms with van der Waals surface area (Å²) in [6, 6.07) is 0. The van der Waals surface area contributed by atoms with E-state index in [9.17, 15) is 0 Å². The van der Waals surface area contributed by atoms with Crippen LogP contribution >= 0.6 is 0 Å². The second kappa shape index (κ2) is 5.01. The molecular formula is C5H13N3O2. The fraction of sp³-hybridized carbons (Fsp3) is 0.800. The topological polar surface area (TPSA) is 93.9 Å². The lowest BCUT2D eigenvalue weighted by atomic mass is 10.4. The Kier molecular flexibility index (Phi) is 4.61. The molecule has 0 aromatic rings. The Balaban J connectivity index is 3.38. The van der Waals surface area contributed by atoms with Crippen LogP contribution in [0.25, 0.3) is 0 Å². The maximum atomic E-state index is 8.95. The lowest BCUT2D eigenvalue weighted by Crippen LogP contribution is -2.26. The average molecular weight is 147 g/mol. The van der Waals surface area contributed by atoms with Gasteiger partial charge in [-0.3, -0.25) is 4.99 Å². The molecular weight excluding hydrogens is 134 g/mol. The van der Waals surface area contributed by atoms with Crippen molar-refractivity contribution in [1.82, 2.24) is 0 Å². The number of rotatable bonds is 4. The molecule has 0 aliphatic rings. The summed E-state index contributed by atoms with van der Waals surface area (Å²) in [5.74, 6) is -0.0184. The summed E-state index contributed by atoms with van der Waals surface area (Å²) in [6.45, 7) is 0.437. The van der Waals surface area contributed by atoms with Crippen LogP contribution in [0.4, 0.5) is 0 Å². The van der Waals surface area contributed by atoms with E-state index < -0.39 is 6.10 Å². The fourth-order valence-corrected chi connectivity index (χ4v) is 0.456. The summed E-state index contributed by atoms with van der Waals surface area (Å²) in [5, 5.41) is 8.95. The van der Waals surface area contributed by atoms with Crippen molar-refractivity contribution in [3.8, 4) is 0 Å². The molecule has 10 heavy (non-hydrogen) atoms. The molecule has 0 rings (SSSR count). The van der Waals surface area contributed by atoms with Crippen molar-refractivity contribution in [3.63, 3.8) is 0 Å². The van der Waals surface area contributed by atoms with Gasteiger partial charge in [0.15, 0.2) is 5.96 Å². The van der Waals surface area contributed by atoms with Crippen LogP contribution in [0.15, 0.2) is 4.99 Å². The fourth-order valence-electron chi connectivity index (χ4n) is 0.456. The largest absolute Gasteiger partial charge is 0.389 e. The van der Waals surface area contributed by atoms with Gasteiger partial charge in [-0.05, 0) is 0 Å². The lowest BCUT2D eigenvalue weighted by molar-refractivity contribution is 0.0705. The molecule has 0 saturated heterocycles. The zero-order valence-electron chi connectivity index (χ0n) is 5.95. The number of aliphatic imine (C=N–C) groups is 1. The zero-order chi connectivity index (χ0) is 7.98. The van der Waals surface area contributed by atoms with Crippen molar-refractivity contribution in [3.05, 3.63) is 0 Å². The Morgan fingerprint density at radius 1 is 1.70 bits per heavy atom. The Morgan fingerprint density at radius 2 is 2.30 bits per heavy atom. The predicted molar refractivity (Wildman–Crippen MR) is 38.6 cm³/mol. The molecule has 0 saturated carbocycles. The number of aliphatic hydroxyl groups excluding tert-OH is 1. The third-order valence-corrected chi connectivity index (χ3v) is 0.844. The van der Waals surface area contributed by atoms with Crippen molar-refractivity contribution >= 4 is 5.96 Å². The molecule has 0 spiro atoms. The monoisotopic (exact) mass is 147 g/mol. The SMILES string of the molecule is COCC(O)CN=C(N)N. The van der Waals surface area contributed by atoms with Gasteiger partial charge < -0.3 is 21.3 Å². The highest BCUT2D eigenvalue weighted by atomic mass is 16.5. The van der Waals surface area contributed by atoms with Gasteiger partial charge in [0.2, 0.25) is 0 Å². The Morgan fingerprint density at radius 3 is 2.70 bits per heavy atom. The summed E-state index contributed by atoms with van der Waals surface area (Å²) in [5.41, 5.74) is 10.0. The minimum atomic E-state index is -0.618. The molecule has 1 atom stereocenters. The zero-order valence-corrected chi connectivity index (χ0v) is 5.95. The second-order valence-electron chi connectivity index (χ2n) is 1.87. The molecule has 5 heteroatoms. The summed E-state index contributed by atoms with van der Waals surface area (Å²) < 4.78 is 4.64. The number of methoxy groups -OCH3 is 1. The van der Waals surface area contributed by atoms with E-state index in [0.717, 1.165) is 0 Å². The highest BCUT2D eigenvalue weighted by Crippen LogP contribution is 1.83. The van der Waals surface area contributed by atoms with Crippen LogP contribution in [-0.2, 0) is 4.74 Å². The summed E-state index contributed by atoms with van der Waals surface area (Å²) in [4.78, 5) is 3.59. The van der Waals surface area contributed by atoms with Crippen molar-refractivity contribution < 1.29 is 9.84 Å². The van der Waals surface area contributed by atoms with Crippen LogP contribution in [0.3, 0.4) is 0 Å². The molecule has 0 radical (unpaired) electrons. The maximum absolute atomic E-state index is 8.95. The van der Waals surface area contributed by atoms with Crippen molar-refractivity contribution in [2.45, 2.75) is 6.10 Å². The maximum Gasteiger partial charge on any atom is 0.185 e. The van der Waals surface area contributed by atoms with Gasteiger partial charge in [0, 0.05) is 7.11 Å². The van der Waals surface area contributed by atoms with Crippen molar-refractivity contribution in [1.29, 1.82) is 0 Å². The van der Waals surface area contributed by atoms with Crippen molar-refractivity contribution in [2.75, 3.05) is 20.3 Å². The summed E-state index contributed by atoms with van der Waals surface area (Å²) >= 11 is 0. The van der Waals surface area contributed by atoms with E-state index >= 15 is 0 Å². The van der Waals surface area contributed by atoms with E-state index in [0.29, 0.717) is 0 Å². The number of hydrogen-bond donors (Lipinski definition) is 3. The van der Waals surface area contributed by atoms with Crippen LogP contribution in [0.1, 0.15) is 0 Å². The van der Waals surface area contributed by atoms with Crippen LogP contribution in [-0.4, -0.2) is 37.4 Å². The van der Waals surface area contributed by atoms with Crippen LogP contribution in [0, 0.1) is 0 Å². The molecule has 1 unspecified atom stereocenters. The Bertz CT molecular complexity index is 111. The molecule has 5 nitrogen and oxygen atoms in total. The summed E-state index contributed by atoms with van der Waals surface area (Å²) in [7, 11) is 1.50. The number of hydrogen-bond acceptors (Lipinski definition) is 3. The highest BCUT2D eigenvalue weighted by Gasteiger charge is 1.99. The van der Waals surface area contributed by atoms with Crippen LogP contribution in [0.2, 0.25) is 0 Å². The third kappa shape index (κ3) is 5.33. The molecule has 0 heterocycles. The number of aliphatic hydroxyl groups is 1. The van der Waals surface area contributed by atoms with E-state index in [1.54, 1.807) is 0 Å². The third-order valence-electron chi connectivity index (χ3n) is 0.844. The van der Waals surface area contributed by atoms with E-state index in [1.165, 1.54) is 7.11 Å². The van der Waals surface area contributed by atoms with Gasteiger partial charge in [0.1, 0.15) is 0 Å². The Hall–Kier alpha value is -0.810. The molecule has 0 aromatic heterocycles. The Labute approximate surface area is 59.7 Å². The molecule has 0 amide bonds. The van der Waals surface area contributed by atoms with E-state index in [1.807, 2.05) is 0 Å². The molecule has 0 aromatic carbocycles. The highest BCUT2D eigenvalue weighted by molar-refractivity contribution is 5.75. The normalized spacial score (nSPS) is 12.6. The molecule has 0 fully saturated rings. The number of guanidine groups is 1. The van der Waals surface area contributed by atoms with E-state index in [2.05, 4.69) is 9.73 Å². The molecule has 5 N–H and O–H groups in total. The first-order valence-corrected chi connectivity index (χ1v) is 2.89. The molecule has 60 valence electrons. The average Bonchev–Trinajstić information content (AvgIpc) is 1.85. The van der Waals surface area contributed by atoms with Gasteiger partial charge in [-0.2, -0.15) is 0 Å². The van der Waals surface area contributed by atoms with Crippen LogP contribution in [0.5, 0.6) is 0 Å². The predicted octanol–water partition coefficient (Wildman–Crippen LogP) is -1.73. The minimum Gasteiger partial charge on any atom is -0.389 e. The molecule has 0 bridgehead atoms. The van der Waals surface area contributed by atoms with Gasteiger partial charge >= 0.3 is 0 Å². The van der Waals surface area contributed by atoms with Gasteiger partial charge in [0.05, 0.1) is 19.3 Å². The number of nitrogens with two attached hydrogens (primary N) is 2. The smallest absolute Gasteiger partial charge is 0.185 e. The minimum absolute atomic E-state index is 0.0184. The van der Waals surface area contributed by atoms with E-state index in [-0.39, 0.29) is 19.1 Å². The van der Waals surface area contributed by atoms with Crippen molar-refractivity contribution in [2.24, 2.45) is 16.5 Å². The quantitative estimate of drug-likeness (QED) is 0.325. The first kappa shape index (κ1) is 9.19.